The third kappa shape index (κ3) is 1.76. The number of anilines is 1. The second-order valence-corrected chi connectivity index (χ2v) is 2.49. The van der Waals surface area contributed by atoms with Crippen LogP contribution in [0.25, 0.3) is 0 Å². The Morgan fingerprint density at radius 2 is 1.90 bits per heavy atom. The molecule has 10 heavy (non-hydrogen) atoms. The summed E-state index contributed by atoms with van der Waals surface area (Å²) in [6, 6.07) is 8.06. The Morgan fingerprint density at radius 3 is 2.40 bits per heavy atom. The highest BCUT2D eigenvalue weighted by Crippen LogP contribution is 2.06. The number of rotatable bonds is 2. The minimum Gasteiger partial charge on any atom is -0.399 e. The van der Waals surface area contributed by atoms with Crippen molar-refractivity contribution in [2.45, 2.75) is 19.8 Å². The van der Waals surface area contributed by atoms with Crippen molar-refractivity contribution < 1.29 is 1.43 Å². The molecule has 0 heterocycles. The lowest BCUT2D eigenvalue weighted by atomic mass is 10.1. The highest BCUT2D eigenvalue weighted by atomic mass is 14.5. The van der Waals surface area contributed by atoms with Gasteiger partial charge in [0.05, 0.1) is 0 Å². The molecular formula is C9H14N+. The first-order valence-corrected chi connectivity index (χ1v) is 3.67. The van der Waals surface area contributed by atoms with Gasteiger partial charge in [0.2, 0.25) is 0 Å². The monoisotopic (exact) mass is 136 g/mol. The van der Waals surface area contributed by atoms with Crippen LogP contribution in [0.1, 0.15) is 20.3 Å². The van der Waals surface area contributed by atoms with Crippen molar-refractivity contribution in [1.82, 2.24) is 0 Å². The van der Waals surface area contributed by atoms with Crippen LogP contribution in [0.3, 0.4) is 0 Å². The summed E-state index contributed by atoms with van der Waals surface area (Å²) in [7, 11) is 0. The van der Waals surface area contributed by atoms with E-state index in [4.69, 9.17) is 5.73 Å². The molecule has 0 fully saturated rings. The van der Waals surface area contributed by atoms with Crippen molar-refractivity contribution in [2.24, 2.45) is 0 Å². The molecule has 54 valence electrons. The highest BCUT2D eigenvalue weighted by Gasteiger charge is 1.88. The molecule has 1 heteroatoms. The van der Waals surface area contributed by atoms with Crippen molar-refractivity contribution in [3.05, 3.63) is 29.8 Å². The standard InChI is InChI=1S/C9H13N/c1-2-3-8-4-6-9(10)7-5-8/h4-7H,2-3,10H2,1H3/p+1. The van der Waals surface area contributed by atoms with Crippen LogP contribution in [0.15, 0.2) is 24.3 Å². The van der Waals surface area contributed by atoms with Crippen LogP contribution in [0.4, 0.5) is 5.69 Å². The Bertz CT molecular complexity index is 193. The van der Waals surface area contributed by atoms with E-state index in [-0.39, 0.29) is 1.43 Å². The fourth-order valence-electron chi connectivity index (χ4n) is 0.973. The minimum atomic E-state index is 0. The molecule has 1 nitrogen and oxygen atoms in total. The molecule has 1 aromatic rings. The summed E-state index contributed by atoms with van der Waals surface area (Å²) >= 11 is 0. The number of hydrogen-bond donors (Lipinski definition) is 1. The molecule has 1 rings (SSSR count). The number of aryl methyl sites for hydroxylation is 1. The van der Waals surface area contributed by atoms with Gasteiger partial charge >= 0.3 is 1.43 Å². The first-order valence-electron chi connectivity index (χ1n) is 3.67. The zero-order valence-corrected chi connectivity index (χ0v) is 6.30. The second kappa shape index (κ2) is 3.25. The highest BCUT2D eigenvalue weighted by molar-refractivity contribution is 5.39. The van der Waals surface area contributed by atoms with Gasteiger partial charge in [-0.05, 0) is 24.1 Å². The topological polar surface area (TPSA) is 26.0 Å². The van der Waals surface area contributed by atoms with Gasteiger partial charge in [-0.2, -0.15) is 0 Å². The van der Waals surface area contributed by atoms with Crippen LogP contribution in [0.5, 0.6) is 0 Å². The largest absolute Gasteiger partial charge is 1.00 e. The summed E-state index contributed by atoms with van der Waals surface area (Å²) in [5.41, 5.74) is 7.74. The summed E-state index contributed by atoms with van der Waals surface area (Å²) in [6.45, 7) is 2.18. The minimum absolute atomic E-state index is 0. The van der Waals surface area contributed by atoms with E-state index in [2.05, 4.69) is 19.1 Å². The maximum Gasteiger partial charge on any atom is 1.00 e. The fraction of sp³-hybridized carbons (Fsp3) is 0.333. The van der Waals surface area contributed by atoms with Crippen LogP contribution in [0.2, 0.25) is 0 Å². The molecule has 0 radical (unpaired) electrons. The molecule has 0 aromatic heterocycles. The smallest absolute Gasteiger partial charge is 0.399 e. The summed E-state index contributed by atoms with van der Waals surface area (Å²) in [6.07, 6.45) is 2.35. The molecule has 0 saturated carbocycles. The van der Waals surface area contributed by atoms with Gasteiger partial charge < -0.3 is 5.73 Å². The second-order valence-electron chi connectivity index (χ2n) is 2.49. The van der Waals surface area contributed by atoms with Gasteiger partial charge in [0.15, 0.2) is 0 Å². The molecule has 0 aliphatic heterocycles. The molecule has 0 atom stereocenters. The van der Waals surface area contributed by atoms with Crippen LogP contribution < -0.4 is 5.73 Å². The zero-order valence-electron chi connectivity index (χ0n) is 7.30. The normalized spacial score (nSPS) is 9.70. The van der Waals surface area contributed by atoms with Crippen LogP contribution >= 0.6 is 0 Å². The van der Waals surface area contributed by atoms with Crippen LogP contribution in [-0.4, -0.2) is 0 Å². The Kier molecular flexibility index (Phi) is 2.32. The van der Waals surface area contributed by atoms with E-state index in [0.717, 1.165) is 12.1 Å². The maximum atomic E-state index is 5.52. The van der Waals surface area contributed by atoms with Crippen molar-refractivity contribution in [2.75, 3.05) is 5.73 Å². The molecule has 0 bridgehead atoms. The lowest BCUT2D eigenvalue weighted by Gasteiger charge is -1.97. The summed E-state index contributed by atoms with van der Waals surface area (Å²) in [5.74, 6) is 0. The fourth-order valence-corrected chi connectivity index (χ4v) is 0.973. The van der Waals surface area contributed by atoms with Gasteiger partial charge in [-0.3, -0.25) is 0 Å². The summed E-state index contributed by atoms with van der Waals surface area (Å²) in [5, 5.41) is 0. The quantitative estimate of drug-likeness (QED) is 0.620. The van der Waals surface area contributed by atoms with Gasteiger partial charge in [-0.15, -0.1) is 0 Å². The lowest BCUT2D eigenvalue weighted by Crippen LogP contribution is -1.86. The van der Waals surface area contributed by atoms with Crippen LogP contribution in [-0.2, 0) is 6.42 Å². The van der Waals surface area contributed by atoms with E-state index in [1.165, 1.54) is 12.0 Å². The Labute approximate surface area is 63.4 Å². The van der Waals surface area contributed by atoms with Crippen molar-refractivity contribution >= 4 is 5.69 Å². The van der Waals surface area contributed by atoms with Gasteiger partial charge in [-0.25, -0.2) is 0 Å². The Morgan fingerprint density at radius 1 is 1.30 bits per heavy atom. The average molecular weight is 136 g/mol. The van der Waals surface area contributed by atoms with E-state index in [9.17, 15) is 0 Å². The number of benzene rings is 1. The predicted molar refractivity (Wildman–Crippen MR) is 46.0 cm³/mol. The number of hydrogen-bond acceptors (Lipinski definition) is 1. The average Bonchev–Trinajstić information content (AvgIpc) is 1.95. The third-order valence-corrected chi connectivity index (χ3v) is 1.52. The lowest BCUT2D eigenvalue weighted by molar-refractivity contribution is 0.922. The third-order valence-electron chi connectivity index (χ3n) is 1.52. The van der Waals surface area contributed by atoms with Crippen molar-refractivity contribution in [3.8, 4) is 0 Å². The van der Waals surface area contributed by atoms with Crippen LogP contribution in [0, 0.1) is 0 Å². The first-order chi connectivity index (χ1) is 4.83. The predicted octanol–water partition coefficient (Wildman–Crippen LogP) is 2.33. The zero-order chi connectivity index (χ0) is 7.40. The molecule has 0 saturated heterocycles. The van der Waals surface area contributed by atoms with E-state index in [0.29, 0.717) is 0 Å². The van der Waals surface area contributed by atoms with Crippen molar-refractivity contribution in [3.63, 3.8) is 0 Å². The van der Waals surface area contributed by atoms with Gasteiger partial charge in [0.25, 0.3) is 0 Å². The Hall–Kier alpha value is -0.980. The molecule has 0 aliphatic carbocycles. The van der Waals surface area contributed by atoms with Gasteiger partial charge in [0, 0.05) is 5.69 Å². The van der Waals surface area contributed by atoms with E-state index >= 15 is 0 Å². The molecule has 0 spiro atoms. The summed E-state index contributed by atoms with van der Waals surface area (Å²) < 4.78 is 0. The number of nitrogen functional groups attached to an aromatic ring is 1. The Balaban J connectivity index is 0.000001000. The summed E-state index contributed by atoms with van der Waals surface area (Å²) in [4.78, 5) is 0. The molecular weight excluding hydrogens is 122 g/mol. The maximum absolute atomic E-state index is 5.52. The molecule has 1 aromatic carbocycles. The van der Waals surface area contributed by atoms with Gasteiger partial charge in [0.1, 0.15) is 0 Å². The van der Waals surface area contributed by atoms with Crippen molar-refractivity contribution in [1.29, 1.82) is 0 Å². The SMILES string of the molecule is CCCc1ccc(N)cc1.[H+]. The first kappa shape index (κ1) is 7.13. The van der Waals surface area contributed by atoms with E-state index in [1.54, 1.807) is 0 Å². The number of nitrogens with two attached hydrogens (primary N) is 1. The molecule has 0 amide bonds. The molecule has 0 aliphatic rings. The van der Waals surface area contributed by atoms with E-state index < -0.39 is 0 Å². The molecule has 0 unspecified atom stereocenters. The van der Waals surface area contributed by atoms with E-state index in [1.807, 2.05) is 12.1 Å². The molecule has 2 N–H and O–H groups in total. The van der Waals surface area contributed by atoms with Gasteiger partial charge in [-0.1, -0.05) is 25.5 Å².